The molecule has 0 atom stereocenters. The van der Waals surface area contributed by atoms with E-state index in [9.17, 15) is 18.0 Å². The summed E-state index contributed by atoms with van der Waals surface area (Å²) in [5, 5.41) is 2.44. The van der Waals surface area contributed by atoms with Gasteiger partial charge in [0.2, 0.25) is 5.91 Å². The first kappa shape index (κ1) is 16.2. The lowest BCUT2D eigenvalue weighted by Gasteiger charge is -2.22. The van der Waals surface area contributed by atoms with Gasteiger partial charge in [-0.3, -0.25) is 4.79 Å². The predicted octanol–water partition coefficient (Wildman–Crippen LogP) is 2.84. The van der Waals surface area contributed by atoms with E-state index in [1.807, 2.05) is 0 Å². The molecule has 4 nitrogen and oxygen atoms in total. The van der Waals surface area contributed by atoms with Crippen LogP contribution in [0, 0.1) is 5.41 Å². The molecule has 0 spiro atoms. The highest BCUT2D eigenvalue weighted by Crippen LogP contribution is 2.26. The Morgan fingerprint density at radius 2 is 1.95 bits per heavy atom. The van der Waals surface area contributed by atoms with E-state index in [-0.39, 0.29) is 10.7 Å². The number of benzene rings is 1. The third-order valence-corrected chi connectivity index (χ3v) is 3.02. The zero-order valence-electron chi connectivity index (χ0n) is 10.7. The average molecular weight is 306 g/mol. The Kier molecular flexibility index (Phi) is 4.59. The molecule has 0 aliphatic heterocycles. The molecule has 0 aromatic heterocycles. The van der Waals surface area contributed by atoms with Crippen LogP contribution in [0.15, 0.2) is 24.3 Å². The van der Waals surface area contributed by atoms with Gasteiger partial charge in [-0.05, 0) is 26.0 Å². The number of nitrogens with two attached hydrogens (primary N) is 1. The SMILES string of the molecule is CC(C)(C(=O)Nc1cccc(OC(F)(F)F)c1)C(N)=S. The van der Waals surface area contributed by atoms with Crippen molar-refractivity contribution in [2.24, 2.45) is 11.1 Å². The summed E-state index contributed by atoms with van der Waals surface area (Å²) in [5.41, 5.74) is 4.47. The van der Waals surface area contributed by atoms with E-state index in [0.717, 1.165) is 12.1 Å². The molecule has 0 heterocycles. The monoisotopic (exact) mass is 306 g/mol. The molecule has 1 aromatic rings. The summed E-state index contributed by atoms with van der Waals surface area (Å²) in [6, 6.07) is 4.93. The molecule has 0 bridgehead atoms. The molecule has 0 radical (unpaired) electrons. The summed E-state index contributed by atoms with van der Waals surface area (Å²) in [4.78, 5) is 11.9. The molecule has 1 amide bonds. The van der Waals surface area contributed by atoms with Gasteiger partial charge in [0.05, 0.1) is 10.4 Å². The lowest BCUT2D eigenvalue weighted by atomic mass is 9.92. The lowest BCUT2D eigenvalue weighted by Crippen LogP contribution is -2.41. The number of alkyl halides is 3. The smallest absolute Gasteiger partial charge is 0.406 e. The van der Waals surface area contributed by atoms with E-state index in [1.54, 1.807) is 0 Å². The van der Waals surface area contributed by atoms with Gasteiger partial charge in [-0.25, -0.2) is 0 Å². The molecule has 1 rings (SSSR count). The van der Waals surface area contributed by atoms with Gasteiger partial charge < -0.3 is 15.8 Å². The van der Waals surface area contributed by atoms with E-state index in [2.05, 4.69) is 10.1 Å². The number of thiocarbonyl (C=S) groups is 1. The largest absolute Gasteiger partial charge is 0.573 e. The first-order chi connectivity index (χ1) is 9.02. The summed E-state index contributed by atoms with van der Waals surface area (Å²) < 4.78 is 40.0. The third-order valence-electron chi connectivity index (χ3n) is 2.51. The molecule has 0 unspecified atom stereocenters. The van der Waals surface area contributed by atoms with Crippen LogP contribution < -0.4 is 15.8 Å². The Morgan fingerprint density at radius 1 is 1.35 bits per heavy atom. The minimum atomic E-state index is -4.79. The van der Waals surface area contributed by atoms with Gasteiger partial charge in [0, 0.05) is 11.8 Å². The van der Waals surface area contributed by atoms with Gasteiger partial charge >= 0.3 is 6.36 Å². The number of nitrogens with one attached hydrogen (secondary N) is 1. The van der Waals surface area contributed by atoms with Crippen LogP contribution in [0.5, 0.6) is 5.75 Å². The molecule has 0 fully saturated rings. The van der Waals surface area contributed by atoms with Gasteiger partial charge in [-0.15, -0.1) is 13.2 Å². The number of hydrogen-bond acceptors (Lipinski definition) is 3. The van der Waals surface area contributed by atoms with E-state index >= 15 is 0 Å². The van der Waals surface area contributed by atoms with Crippen molar-refractivity contribution in [2.75, 3.05) is 5.32 Å². The molecular weight excluding hydrogens is 293 g/mol. The zero-order chi connectivity index (χ0) is 15.6. The quantitative estimate of drug-likeness (QED) is 0.840. The minimum absolute atomic E-state index is 0.0160. The number of halogens is 3. The fourth-order valence-electron chi connectivity index (χ4n) is 1.17. The fraction of sp³-hybridized carbons (Fsp3) is 0.333. The van der Waals surface area contributed by atoms with E-state index in [4.69, 9.17) is 18.0 Å². The summed E-state index contributed by atoms with van der Waals surface area (Å²) in [7, 11) is 0. The molecule has 110 valence electrons. The van der Waals surface area contributed by atoms with Crippen molar-refractivity contribution >= 4 is 28.8 Å². The normalized spacial score (nSPS) is 11.8. The average Bonchev–Trinajstić information content (AvgIpc) is 2.26. The van der Waals surface area contributed by atoms with Gasteiger partial charge in [0.15, 0.2) is 0 Å². The van der Waals surface area contributed by atoms with Crippen LogP contribution in [0.25, 0.3) is 0 Å². The Morgan fingerprint density at radius 3 is 2.45 bits per heavy atom. The number of anilines is 1. The highest BCUT2D eigenvalue weighted by molar-refractivity contribution is 7.80. The van der Waals surface area contributed by atoms with Crippen molar-refractivity contribution in [3.63, 3.8) is 0 Å². The molecule has 8 heteroatoms. The number of hydrogen-bond donors (Lipinski definition) is 2. The van der Waals surface area contributed by atoms with Crippen molar-refractivity contribution in [1.82, 2.24) is 0 Å². The first-order valence-electron chi connectivity index (χ1n) is 5.49. The van der Waals surface area contributed by atoms with E-state index < -0.39 is 23.4 Å². The van der Waals surface area contributed by atoms with Crippen LogP contribution in [0.4, 0.5) is 18.9 Å². The second-order valence-corrected chi connectivity index (χ2v) is 4.96. The highest BCUT2D eigenvalue weighted by atomic mass is 32.1. The van der Waals surface area contributed by atoms with Crippen molar-refractivity contribution in [3.8, 4) is 5.75 Å². The summed E-state index contributed by atoms with van der Waals surface area (Å²) in [5.74, 6) is -0.947. The third kappa shape index (κ3) is 4.37. The topological polar surface area (TPSA) is 64.3 Å². The summed E-state index contributed by atoms with van der Waals surface area (Å²) in [6.45, 7) is 3.03. The Hall–Kier alpha value is -1.83. The molecule has 0 aliphatic carbocycles. The van der Waals surface area contributed by atoms with Crippen LogP contribution >= 0.6 is 12.2 Å². The van der Waals surface area contributed by atoms with Crippen molar-refractivity contribution in [2.45, 2.75) is 20.2 Å². The Labute approximate surface area is 119 Å². The highest BCUT2D eigenvalue weighted by Gasteiger charge is 2.32. The maximum atomic E-state index is 12.1. The van der Waals surface area contributed by atoms with E-state index in [0.29, 0.717) is 0 Å². The standard InChI is InChI=1S/C12H13F3N2O2S/c1-11(2,9(16)20)10(18)17-7-4-3-5-8(6-7)19-12(13,14)15/h3-6H,1-2H3,(H2,16,20)(H,17,18). The molecular formula is C12H13F3N2O2S. The van der Waals surface area contributed by atoms with Crippen molar-refractivity contribution in [3.05, 3.63) is 24.3 Å². The van der Waals surface area contributed by atoms with Gasteiger partial charge in [-0.1, -0.05) is 18.3 Å². The van der Waals surface area contributed by atoms with Gasteiger partial charge in [0.25, 0.3) is 0 Å². The van der Waals surface area contributed by atoms with Crippen LogP contribution in [-0.2, 0) is 4.79 Å². The van der Waals surface area contributed by atoms with Crippen LogP contribution in [-0.4, -0.2) is 17.3 Å². The Bertz CT molecular complexity index is 530. The fourth-order valence-corrected chi connectivity index (χ4v) is 1.26. The number of carbonyl (C=O) groups is 1. The second-order valence-electron chi connectivity index (χ2n) is 4.52. The lowest BCUT2D eigenvalue weighted by molar-refractivity contribution is -0.274. The predicted molar refractivity (Wildman–Crippen MR) is 72.3 cm³/mol. The van der Waals surface area contributed by atoms with Crippen LogP contribution in [0.2, 0.25) is 0 Å². The minimum Gasteiger partial charge on any atom is -0.406 e. The first-order valence-corrected chi connectivity index (χ1v) is 5.90. The Balaban J connectivity index is 2.87. The number of rotatable bonds is 4. The second kappa shape index (κ2) is 5.66. The zero-order valence-corrected chi connectivity index (χ0v) is 11.6. The molecule has 3 N–H and O–H groups in total. The number of ether oxygens (including phenoxy) is 1. The molecule has 0 saturated heterocycles. The van der Waals surface area contributed by atoms with Crippen LogP contribution in [0.1, 0.15) is 13.8 Å². The molecule has 0 aliphatic rings. The van der Waals surface area contributed by atoms with Gasteiger partial charge in [0.1, 0.15) is 5.75 Å². The van der Waals surface area contributed by atoms with E-state index in [1.165, 1.54) is 26.0 Å². The maximum Gasteiger partial charge on any atom is 0.573 e. The maximum absolute atomic E-state index is 12.1. The number of amides is 1. The van der Waals surface area contributed by atoms with Gasteiger partial charge in [-0.2, -0.15) is 0 Å². The summed E-state index contributed by atoms with van der Waals surface area (Å²) >= 11 is 4.77. The number of carbonyl (C=O) groups excluding carboxylic acids is 1. The molecule has 20 heavy (non-hydrogen) atoms. The molecule has 1 aromatic carbocycles. The molecule has 0 saturated carbocycles. The van der Waals surface area contributed by atoms with Crippen molar-refractivity contribution in [1.29, 1.82) is 0 Å². The van der Waals surface area contributed by atoms with Crippen molar-refractivity contribution < 1.29 is 22.7 Å². The summed E-state index contributed by atoms with van der Waals surface area (Å²) in [6.07, 6.45) is -4.79. The van der Waals surface area contributed by atoms with Crippen LogP contribution in [0.3, 0.4) is 0 Å².